The quantitative estimate of drug-likeness (QED) is 0.297. The smallest absolute Gasteiger partial charge is 0.744 e. The summed E-state index contributed by atoms with van der Waals surface area (Å²) in [5.74, 6) is -0.764. The molecule has 0 spiro atoms. The SMILES string of the molecule is O=C(CCBr)Nc1ccc(NC(=O)CCBr)c(S(=O)(=O)[O-])c1.[Na+]. The van der Waals surface area contributed by atoms with Crippen molar-refractivity contribution in [3.8, 4) is 0 Å². The maximum Gasteiger partial charge on any atom is 1.00 e. The van der Waals surface area contributed by atoms with E-state index >= 15 is 0 Å². The number of halogens is 2. The van der Waals surface area contributed by atoms with Crippen LogP contribution in [0.2, 0.25) is 0 Å². The molecule has 122 valence electrons. The second kappa shape index (κ2) is 10.8. The normalized spacial score (nSPS) is 10.6. The minimum atomic E-state index is -4.80. The number of hydrogen-bond donors (Lipinski definition) is 2. The van der Waals surface area contributed by atoms with E-state index in [1.807, 2.05) is 0 Å². The van der Waals surface area contributed by atoms with Crippen LogP contribution in [-0.4, -0.2) is 35.4 Å². The largest absolute Gasteiger partial charge is 1.00 e. The van der Waals surface area contributed by atoms with Gasteiger partial charge in [-0.05, 0) is 18.2 Å². The van der Waals surface area contributed by atoms with Gasteiger partial charge in [-0.15, -0.1) is 0 Å². The number of alkyl halides is 2. The predicted molar refractivity (Wildman–Crippen MR) is 88.5 cm³/mol. The van der Waals surface area contributed by atoms with Gasteiger partial charge in [0.2, 0.25) is 11.8 Å². The van der Waals surface area contributed by atoms with Crippen molar-refractivity contribution in [3.05, 3.63) is 18.2 Å². The van der Waals surface area contributed by atoms with Crippen LogP contribution in [0.5, 0.6) is 0 Å². The van der Waals surface area contributed by atoms with Crippen LogP contribution >= 0.6 is 31.9 Å². The van der Waals surface area contributed by atoms with Crippen molar-refractivity contribution in [3.63, 3.8) is 0 Å². The Morgan fingerprint density at radius 1 is 1.04 bits per heavy atom. The molecule has 0 heterocycles. The van der Waals surface area contributed by atoms with Crippen molar-refractivity contribution < 1.29 is 52.1 Å². The van der Waals surface area contributed by atoms with Crippen LogP contribution in [0.15, 0.2) is 23.1 Å². The van der Waals surface area contributed by atoms with E-state index in [1.54, 1.807) is 0 Å². The number of carbonyl (C=O) groups is 2. The molecule has 2 N–H and O–H groups in total. The van der Waals surface area contributed by atoms with Crippen molar-refractivity contribution in [2.24, 2.45) is 0 Å². The molecule has 1 aromatic rings. The maximum atomic E-state index is 11.5. The average Bonchev–Trinajstić information content (AvgIpc) is 2.39. The number of benzene rings is 1. The zero-order valence-corrected chi connectivity index (χ0v) is 18.3. The molecule has 7 nitrogen and oxygen atoms in total. The van der Waals surface area contributed by atoms with Crippen LogP contribution in [0, 0.1) is 0 Å². The Bertz CT molecular complexity index is 669. The Labute approximate surface area is 173 Å². The van der Waals surface area contributed by atoms with Gasteiger partial charge in [-0.1, -0.05) is 31.9 Å². The van der Waals surface area contributed by atoms with Crippen LogP contribution in [0.4, 0.5) is 11.4 Å². The molecule has 0 saturated heterocycles. The number of carbonyl (C=O) groups excluding carboxylic acids is 2. The molecule has 0 radical (unpaired) electrons. The van der Waals surface area contributed by atoms with Gasteiger partial charge < -0.3 is 15.2 Å². The van der Waals surface area contributed by atoms with Crippen LogP contribution in [0.3, 0.4) is 0 Å². The Balaban J connectivity index is 0.00000484. The second-order valence-corrected chi connectivity index (χ2v) is 7.07. The summed E-state index contributed by atoms with van der Waals surface area (Å²) in [5.41, 5.74) is 0.0540. The maximum absolute atomic E-state index is 11.5. The molecular weight excluding hydrogens is 467 g/mol. The van der Waals surface area contributed by atoms with Crippen LogP contribution in [0.25, 0.3) is 0 Å². The number of anilines is 2. The molecule has 0 aromatic heterocycles. The van der Waals surface area contributed by atoms with Crippen LogP contribution in [-0.2, 0) is 19.7 Å². The summed E-state index contributed by atoms with van der Waals surface area (Å²) in [4.78, 5) is 22.4. The van der Waals surface area contributed by atoms with Crippen molar-refractivity contribution in [2.75, 3.05) is 21.3 Å². The van der Waals surface area contributed by atoms with E-state index in [2.05, 4.69) is 42.5 Å². The summed E-state index contributed by atoms with van der Waals surface area (Å²) < 4.78 is 34.0. The molecule has 23 heavy (non-hydrogen) atoms. The molecule has 0 aliphatic rings. The van der Waals surface area contributed by atoms with E-state index in [1.165, 1.54) is 12.1 Å². The first-order valence-corrected chi connectivity index (χ1v) is 9.74. The third kappa shape index (κ3) is 8.10. The molecular formula is C12H13Br2N2NaO5S. The molecule has 1 aromatic carbocycles. The summed E-state index contributed by atoms with van der Waals surface area (Å²) in [5, 5.41) is 5.68. The van der Waals surface area contributed by atoms with Gasteiger partial charge >= 0.3 is 29.6 Å². The van der Waals surface area contributed by atoms with Crippen LogP contribution in [0.1, 0.15) is 12.8 Å². The van der Waals surface area contributed by atoms with Gasteiger partial charge in [0.15, 0.2) is 0 Å². The monoisotopic (exact) mass is 478 g/mol. The number of nitrogens with one attached hydrogen (secondary N) is 2. The Morgan fingerprint density at radius 2 is 1.57 bits per heavy atom. The summed E-state index contributed by atoms with van der Waals surface area (Å²) in [7, 11) is -4.80. The van der Waals surface area contributed by atoms with Crippen LogP contribution < -0.4 is 40.2 Å². The first-order valence-electron chi connectivity index (χ1n) is 6.09. The molecule has 2 amide bonds. The van der Waals surface area contributed by atoms with E-state index in [-0.39, 0.29) is 59.7 Å². The third-order valence-electron chi connectivity index (χ3n) is 2.45. The van der Waals surface area contributed by atoms with E-state index in [0.29, 0.717) is 10.7 Å². The Hall–Kier alpha value is 0.0300. The summed E-state index contributed by atoms with van der Waals surface area (Å²) in [6.07, 6.45) is 0.325. The first-order chi connectivity index (χ1) is 10.3. The summed E-state index contributed by atoms with van der Waals surface area (Å²) in [6, 6.07) is 3.70. The third-order valence-corrected chi connectivity index (χ3v) is 4.12. The van der Waals surface area contributed by atoms with Gasteiger partial charge in [0.1, 0.15) is 10.1 Å². The van der Waals surface area contributed by atoms with Crippen molar-refractivity contribution >= 4 is 65.2 Å². The van der Waals surface area contributed by atoms with Gasteiger partial charge in [0, 0.05) is 29.2 Å². The van der Waals surface area contributed by atoms with Gasteiger partial charge in [0.25, 0.3) is 0 Å². The zero-order chi connectivity index (χ0) is 16.8. The fourth-order valence-corrected chi connectivity index (χ4v) is 2.90. The van der Waals surface area contributed by atoms with E-state index < -0.39 is 20.9 Å². The number of amides is 2. The molecule has 0 unspecified atom stereocenters. The molecule has 1 rings (SSSR count). The Morgan fingerprint density at radius 3 is 2.04 bits per heavy atom. The summed E-state index contributed by atoms with van der Waals surface area (Å²) >= 11 is 6.19. The average molecular weight is 480 g/mol. The first kappa shape index (κ1) is 23.0. The molecule has 11 heteroatoms. The molecule has 0 aliphatic heterocycles. The molecule has 0 atom stereocenters. The molecule has 0 aliphatic carbocycles. The van der Waals surface area contributed by atoms with Crippen molar-refractivity contribution in [1.82, 2.24) is 0 Å². The van der Waals surface area contributed by atoms with E-state index in [9.17, 15) is 22.6 Å². The fourth-order valence-electron chi connectivity index (χ4n) is 1.52. The molecule has 0 bridgehead atoms. The van der Waals surface area contributed by atoms with Gasteiger partial charge in [-0.3, -0.25) is 9.59 Å². The Kier molecular flexibility index (Phi) is 10.8. The van der Waals surface area contributed by atoms with Gasteiger partial charge in [0.05, 0.1) is 10.6 Å². The summed E-state index contributed by atoms with van der Waals surface area (Å²) in [6.45, 7) is 0. The van der Waals surface area contributed by atoms with Crippen molar-refractivity contribution in [2.45, 2.75) is 17.7 Å². The zero-order valence-electron chi connectivity index (χ0n) is 12.3. The minimum absolute atomic E-state index is 0. The van der Waals surface area contributed by atoms with E-state index in [0.717, 1.165) is 6.07 Å². The van der Waals surface area contributed by atoms with Crippen molar-refractivity contribution in [1.29, 1.82) is 0 Å². The number of rotatable bonds is 7. The molecule has 0 saturated carbocycles. The van der Waals surface area contributed by atoms with E-state index in [4.69, 9.17) is 0 Å². The predicted octanol–water partition coefficient (Wildman–Crippen LogP) is -0.958. The van der Waals surface area contributed by atoms with Gasteiger partial charge in [-0.2, -0.15) is 0 Å². The second-order valence-electron chi connectivity index (χ2n) is 4.14. The topological polar surface area (TPSA) is 115 Å². The molecule has 0 fully saturated rings. The van der Waals surface area contributed by atoms with Gasteiger partial charge in [-0.25, -0.2) is 8.42 Å². The minimum Gasteiger partial charge on any atom is -0.744 e. The number of hydrogen-bond acceptors (Lipinski definition) is 5. The standard InChI is InChI=1S/C12H14Br2N2O5S.Na/c13-5-3-11(17)15-8-1-2-9(16-12(18)4-6-14)10(7-8)22(19,20)21;/h1-2,7H,3-6H2,(H,15,17)(H,16,18)(H,19,20,21);/q;+1/p-1. The fraction of sp³-hybridized carbons (Fsp3) is 0.333.